The number of aryl methyl sites for hydroxylation is 1. The second-order valence-electron chi connectivity index (χ2n) is 5.68. The van der Waals surface area contributed by atoms with Gasteiger partial charge in [-0.05, 0) is 46.9 Å². The highest BCUT2D eigenvalue weighted by Crippen LogP contribution is 2.27. The van der Waals surface area contributed by atoms with Gasteiger partial charge in [0.15, 0.2) is 0 Å². The maximum absolute atomic E-state index is 5.53. The van der Waals surface area contributed by atoms with Crippen LogP contribution in [0, 0.1) is 6.92 Å². The van der Waals surface area contributed by atoms with Gasteiger partial charge < -0.3 is 10.1 Å². The largest absolute Gasteiger partial charge is 0.496 e. The fourth-order valence-electron chi connectivity index (χ4n) is 2.55. The molecule has 0 amide bonds. The Labute approximate surface area is 124 Å². The number of rotatable bonds is 8. The molecule has 0 saturated carbocycles. The van der Waals surface area contributed by atoms with Crippen LogP contribution in [0.2, 0.25) is 0 Å². The van der Waals surface area contributed by atoms with Gasteiger partial charge in [-0.2, -0.15) is 0 Å². The molecule has 0 aliphatic carbocycles. The molecule has 3 nitrogen and oxygen atoms in total. The molecule has 3 heteroatoms. The van der Waals surface area contributed by atoms with E-state index in [4.69, 9.17) is 4.74 Å². The molecule has 0 aromatic heterocycles. The molecule has 114 valence electrons. The van der Waals surface area contributed by atoms with Crippen LogP contribution in [0.3, 0.4) is 0 Å². The van der Waals surface area contributed by atoms with Gasteiger partial charge in [0, 0.05) is 24.2 Å². The molecule has 0 bridgehead atoms. The Morgan fingerprint density at radius 3 is 2.50 bits per heavy atom. The third-order valence-electron chi connectivity index (χ3n) is 3.77. The van der Waals surface area contributed by atoms with Gasteiger partial charge in [-0.3, -0.25) is 4.90 Å². The van der Waals surface area contributed by atoms with Crippen LogP contribution in [0.15, 0.2) is 18.2 Å². The molecular formula is C17H30N2O. The molecular weight excluding hydrogens is 248 g/mol. The molecule has 1 unspecified atom stereocenters. The van der Waals surface area contributed by atoms with E-state index in [0.29, 0.717) is 12.1 Å². The predicted octanol–water partition coefficient (Wildman–Crippen LogP) is 3.38. The quantitative estimate of drug-likeness (QED) is 0.789. The average Bonchev–Trinajstić information content (AvgIpc) is 2.43. The number of benzene rings is 1. The third kappa shape index (κ3) is 4.50. The lowest BCUT2D eigenvalue weighted by atomic mass is 10.0. The summed E-state index contributed by atoms with van der Waals surface area (Å²) in [5.41, 5.74) is 2.52. The van der Waals surface area contributed by atoms with Crippen LogP contribution in [0.4, 0.5) is 0 Å². The first-order valence-corrected chi connectivity index (χ1v) is 7.59. The monoisotopic (exact) mass is 278 g/mol. The van der Waals surface area contributed by atoms with Gasteiger partial charge >= 0.3 is 0 Å². The van der Waals surface area contributed by atoms with Crippen LogP contribution in [-0.2, 0) is 0 Å². The maximum Gasteiger partial charge on any atom is 0.123 e. The number of hydrogen-bond donors (Lipinski definition) is 1. The zero-order chi connectivity index (χ0) is 15.1. The van der Waals surface area contributed by atoms with E-state index in [0.717, 1.165) is 18.8 Å². The summed E-state index contributed by atoms with van der Waals surface area (Å²) in [6.45, 7) is 11.0. The number of methoxy groups -OCH3 is 1. The minimum atomic E-state index is 0.291. The number of nitrogens with one attached hydrogen (secondary N) is 1. The van der Waals surface area contributed by atoms with Gasteiger partial charge in [0.25, 0.3) is 0 Å². The summed E-state index contributed by atoms with van der Waals surface area (Å²) >= 11 is 0. The van der Waals surface area contributed by atoms with E-state index in [2.05, 4.69) is 56.1 Å². The van der Waals surface area contributed by atoms with Crippen molar-refractivity contribution < 1.29 is 4.74 Å². The third-order valence-corrected chi connectivity index (χ3v) is 3.77. The number of nitrogens with zero attached hydrogens (tertiary/aromatic N) is 1. The van der Waals surface area contributed by atoms with E-state index in [-0.39, 0.29) is 0 Å². The van der Waals surface area contributed by atoms with Crippen LogP contribution < -0.4 is 10.1 Å². The van der Waals surface area contributed by atoms with Crippen molar-refractivity contribution in [2.45, 2.75) is 46.2 Å². The number of hydrogen-bond acceptors (Lipinski definition) is 3. The van der Waals surface area contributed by atoms with E-state index in [1.807, 2.05) is 7.05 Å². The second-order valence-corrected chi connectivity index (χ2v) is 5.68. The minimum Gasteiger partial charge on any atom is -0.496 e. The summed E-state index contributed by atoms with van der Waals surface area (Å²) in [6.07, 6.45) is 1.18. The maximum atomic E-state index is 5.53. The van der Waals surface area contributed by atoms with Gasteiger partial charge in [-0.25, -0.2) is 0 Å². The van der Waals surface area contributed by atoms with E-state index in [1.165, 1.54) is 17.5 Å². The molecule has 0 aliphatic heterocycles. The fraction of sp³-hybridized carbons (Fsp3) is 0.647. The normalized spacial score (nSPS) is 13.0. The molecule has 0 fully saturated rings. The Bertz CT molecular complexity index is 404. The predicted molar refractivity (Wildman–Crippen MR) is 86.5 cm³/mol. The molecule has 0 heterocycles. The standard InChI is InChI=1S/C17H30N2O/c1-7-10-19(13(2)3)12-16(18-5)15-11-14(4)8-9-17(15)20-6/h8-9,11,13,16,18H,7,10,12H2,1-6H3. The van der Waals surface area contributed by atoms with Crippen LogP contribution in [0.25, 0.3) is 0 Å². The van der Waals surface area contributed by atoms with Crippen molar-refractivity contribution in [3.05, 3.63) is 29.3 Å². The smallest absolute Gasteiger partial charge is 0.123 e. The highest BCUT2D eigenvalue weighted by Gasteiger charge is 2.19. The highest BCUT2D eigenvalue weighted by atomic mass is 16.5. The SMILES string of the molecule is CCCN(CC(NC)c1cc(C)ccc1OC)C(C)C. The lowest BCUT2D eigenvalue weighted by Crippen LogP contribution is -2.38. The van der Waals surface area contributed by atoms with E-state index < -0.39 is 0 Å². The van der Waals surface area contributed by atoms with Crippen LogP contribution in [-0.4, -0.2) is 38.2 Å². The Hall–Kier alpha value is -1.06. The van der Waals surface area contributed by atoms with Crippen molar-refractivity contribution in [3.8, 4) is 5.75 Å². The first kappa shape index (κ1) is 17.0. The number of likely N-dealkylation sites (N-methyl/N-ethyl adjacent to an activating group) is 1. The van der Waals surface area contributed by atoms with Crippen molar-refractivity contribution in [1.82, 2.24) is 10.2 Å². The lowest BCUT2D eigenvalue weighted by Gasteiger charge is -2.31. The Morgan fingerprint density at radius 2 is 2.00 bits per heavy atom. The van der Waals surface area contributed by atoms with Crippen LogP contribution >= 0.6 is 0 Å². The molecule has 0 saturated heterocycles. The Morgan fingerprint density at radius 1 is 1.30 bits per heavy atom. The molecule has 0 spiro atoms. The van der Waals surface area contributed by atoms with Crippen LogP contribution in [0.1, 0.15) is 44.4 Å². The molecule has 1 rings (SSSR count). The summed E-state index contributed by atoms with van der Waals surface area (Å²) in [7, 11) is 3.77. The fourth-order valence-corrected chi connectivity index (χ4v) is 2.55. The molecule has 1 atom stereocenters. The Kier molecular flexibility index (Phi) is 7.03. The van der Waals surface area contributed by atoms with E-state index in [9.17, 15) is 0 Å². The van der Waals surface area contributed by atoms with Crippen LogP contribution in [0.5, 0.6) is 5.75 Å². The lowest BCUT2D eigenvalue weighted by molar-refractivity contribution is 0.199. The average molecular weight is 278 g/mol. The summed E-state index contributed by atoms with van der Waals surface area (Å²) in [6, 6.07) is 7.24. The van der Waals surface area contributed by atoms with Gasteiger partial charge in [0.05, 0.1) is 7.11 Å². The van der Waals surface area contributed by atoms with Gasteiger partial charge in [-0.15, -0.1) is 0 Å². The summed E-state index contributed by atoms with van der Waals surface area (Å²) < 4.78 is 5.53. The zero-order valence-corrected chi connectivity index (χ0v) is 13.9. The first-order chi connectivity index (χ1) is 9.53. The van der Waals surface area contributed by atoms with Gasteiger partial charge in [-0.1, -0.05) is 24.6 Å². The molecule has 1 aromatic rings. The van der Waals surface area contributed by atoms with E-state index >= 15 is 0 Å². The molecule has 0 radical (unpaired) electrons. The van der Waals surface area contributed by atoms with Gasteiger partial charge in [0.2, 0.25) is 0 Å². The van der Waals surface area contributed by atoms with Crippen molar-refractivity contribution >= 4 is 0 Å². The minimum absolute atomic E-state index is 0.291. The van der Waals surface area contributed by atoms with Crippen molar-refractivity contribution in [2.24, 2.45) is 0 Å². The van der Waals surface area contributed by atoms with Crippen molar-refractivity contribution in [3.63, 3.8) is 0 Å². The molecule has 0 aliphatic rings. The highest BCUT2D eigenvalue weighted by molar-refractivity contribution is 5.39. The summed E-state index contributed by atoms with van der Waals surface area (Å²) in [5.74, 6) is 0.968. The molecule has 20 heavy (non-hydrogen) atoms. The molecule has 1 N–H and O–H groups in total. The number of ether oxygens (including phenoxy) is 1. The zero-order valence-electron chi connectivity index (χ0n) is 13.9. The Balaban J connectivity index is 2.97. The summed E-state index contributed by atoms with van der Waals surface area (Å²) in [4.78, 5) is 2.52. The van der Waals surface area contributed by atoms with Crippen molar-refractivity contribution in [1.29, 1.82) is 0 Å². The first-order valence-electron chi connectivity index (χ1n) is 7.59. The summed E-state index contributed by atoms with van der Waals surface area (Å²) in [5, 5.41) is 3.44. The van der Waals surface area contributed by atoms with E-state index in [1.54, 1.807) is 7.11 Å². The van der Waals surface area contributed by atoms with Gasteiger partial charge in [0.1, 0.15) is 5.75 Å². The second kappa shape index (κ2) is 8.28. The topological polar surface area (TPSA) is 24.5 Å². The van der Waals surface area contributed by atoms with Crippen molar-refractivity contribution in [2.75, 3.05) is 27.2 Å². The molecule has 1 aromatic carbocycles.